The van der Waals surface area contributed by atoms with E-state index in [2.05, 4.69) is 4.98 Å². The Morgan fingerprint density at radius 2 is 1.64 bits per heavy atom. The van der Waals surface area contributed by atoms with Gasteiger partial charge in [-0.2, -0.15) is 0 Å². The number of carbonyl (C=O) groups excluding carboxylic acids is 1. The second kappa shape index (κ2) is 9.49. The van der Waals surface area contributed by atoms with Gasteiger partial charge in [-0.1, -0.05) is 53.9 Å². The molecular weight excluding hydrogens is 539 g/mol. The summed E-state index contributed by atoms with van der Waals surface area (Å²) in [6.07, 6.45) is 2.02. The standard InChI is InChI=1S/C27H23Cl3N2O3S/c1-2-36(31,34)20-6-3-16(4-7-20)11-19(33)12-17-13-21(29)25(22(30)14-17)27(9-10-27)26-32-23-8-5-18(28)15-24(23)35-26/h3-8,13-15,31H,2,9-12H2,1H3. The molecule has 4 aromatic rings. The third kappa shape index (κ3) is 4.80. The quantitative estimate of drug-likeness (QED) is 0.239. The fourth-order valence-electron chi connectivity index (χ4n) is 4.50. The van der Waals surface area contributed by atoms with Crippen LogP contribution < -0.4 is 0 Å². The van der Waals surface area contributed by atoms with Crippen LogP contribution in [0.15, 0.2) is 63.9 Å². The first kappa shape index (κ1) is 25.3. The summed E-state index contributed by atoms with van der Waals surface area (Å²) in [5.41, 5.74) is 3.16. The van der Waals surface area contributed by atoms with Crippen LogP contribution in [0.4, 0.5) is 0 Å². The molecule has 0 amide bonds. The number of hydrogen-bond acceptors (Lipinski definition) is 5. The normalized spacial score (nSPS) is 16.1. The molecule has 186 valence electrons. The predicted octanol–water partition coefficient (Wildman–Crippen LogP) is 7.65. The number of rotatable bonds is 8. The van der Waals surface area contributed by atoms with Crippen molar-refractivity contribution in [2.24, 2.45) is 0 Å². The minimum atomic E-state index is -2.77. The molecule has 3 aromatic carbocycles. The van der Waals surface area contributed by atoms with E-state index in [-0.39, 0.29) is 24.4 Å². The Balaban J connectivity index is 1.34. The number of ketones is 1. The third-order valence-corrected chi connectivity index (χ3v) is 9.28. The first-order chi connectivity index (χ1) is 17.1. The van der Waals surface area contributed by atoms with Gasteiger partial charge in [-0.3, -0.25) is 4.79 Å². The van der Waals surface area contributed by atoms with Crippen molar-refractivity contribution in [2.75, 3.05) is 5.75 Å². The first-order valence-electron chi connectivity index (χ1n) is 11.5. The number of carbonyl (C=O) groups is 1. The highest BCUT2D eigenvalue weighted by molar-refractivity contribution is 7.92. The van der Waals surface area contributed by atoms with Crippen LogP contribution >= 0.6 is 34.8 Å². The Kier molecular flexibility index (Phi) is 6.66. The van der Waals surface area contributed by atoms with Crippen LogP contribution in [-0.4, -0.2) is 20.7 Å². The number of benzene rings is 3. The first-order valence-corrected chi connectivity index (χ1v) is 14.4. The molecule has 36 heavy (non-hydrogen) atoms. The summed E-state index contributed by atoms with van der Waals surface area (Å²) in [6, 6.07) is 15.8. The SMILES string of the molecule is CCS(=N)(=O)c1ccc(CC(=O)Cc2cc(Cl)c(C3(c4nc5ccc(Cl)cc5o4)CC3)c(Cl)c2)cc1. The molecule has 0 bridgehead atoms. The van der Waals surface area contributed by atoms with E-state index in [1.165, 1.54) is 0 Å². The van der Waals surface area contributed by atoms with Crippen LogP contribution in [0.2, 0.25) is 15.1 Å². The molecule has 0 spiro atoms. The lowest BCUT2D eigenvalue weighted by Crippen LogP contribution is -2.12. The van der Waals surface area contributed by atoms with E-state index < -0.39 is 15.1 Å². The van der Waals surface area contributed by atoms with Crippen molar-refractivity contribution >= 4 is 61.4 Å². The van der Waals surface area contributed by atoms with Crippen LogP contribution in [0, 0.1) is 4.78 Å². The smallest absolute Gasteiger partial charge is 0.206 e. The predicted molar refractivity (Wildman–Crippen MR) is 144 cm³/mol. The Bertz CT molecular complexity index is 1570. The molecule has 5 nitrogen and oxygen atoms in total. The van der Waals surface area contributed by atoms with Gasteiger partial charge in [0.25, 0.3) is 0 Å². The monoisotopic (exact) mass is 560 g/mol. The number of nitrogens with zero attached hydrogens (tertiary/aromatic N) is 1. The summed E-state index contributed by atoms with van der Waals surface area (Å²) in [5, 5.41) is 1.54. The van der Waals surface area contributed by atoms with Crippen molar-refractivity contribution in [3.63, 3.8) is 0 Å². The Morgan fingerprint density at radius 3 is 2.25 bits per heavy atom. The van der Waals surface area contributed by atoms with Crippen molar-refractivity contribution < 1.29 is 13.4 Å². The molecule has 1 saturated carbocycles. The maximum atomic E-state index is 12.8. The molecule has 1 aliphatic rings. The number of oxazole rings is 1. The molecule has 1 aliphatic carbocycles. The van der Waals surface area contributed by atoms with Gasteiger partial charge in [0.2, 0.25) is 5.89 Å². The van der Waals surface area contributed by atoms with Crippen LogP contribution in [0.1, 0.15) is 42.3 Å². The molecule has 5 rings (SSSR count). The molecular formula is C27H23Cl3N2O3S. The van der Waals surface area contributed by atoms with Gasteiger partial charge in [-0.15, -0.1) is 0 Å². The van der Waals surface area contributed by atoms with Crippen molar-refractivity contribution in [2.45, 2.75) is 42.9 Å². The second-order valence-electron chi connectivity index (χ2n) is 9.15. The molecule has 0 saturated heterocycles. The molecule has 1 atom stereocenters. The van der Waals surface area contributed by atoms with Gasteiger partial charge in [0.15, 0.2) is 5.58 Å². The summed E-state index contributed by atoms with van der Waals surface area (Å²) in [4.78, 5) is 17.9. The second-order valence-corrected chi connectivity index (χ2v) is 12.8. The van der Waals surface area contributed by atoms with E-state index in [1.807, 2.05) is 6.07 Å². The van der Waals surface area contributed by atoms with E-state index in [1.54, 1.807) is 55.5 Å². The van der Waals surface area contributed by atoms with Gasteiger partial charge in [-0.25, -0.2) is 14.0 Å². The maximum Gasteiger partial charge on any atom is 0.206 e. The zero-order valence-corrected chi connectivity index (χ0v) is 22.5. The molecule has 1 N–H and O–H groups in total. The summed E-state index contributed by atoms with van der Waals surface area (Å²) >= 11 is 19.5. The van der Waals surface area contributed by atoms with Gasteiger partial charge < -0.3 is 4.42 Å². The fourth-order valence-corrected chi connectivity index (χ4v) is 6.46. The summed E-state index contributed by atoms with van der Waals surface area (Å²) < 4.78 is 26.1. The van der Waals surface area contributed by atoms with Crippen molar-refractivity contribution in [1.82, 2.24) is 4.98 Å². The van der Waals surface area contributed by atoms with E-state index in [9.17, 15) is 9.00 Å². The Labute approximate surface area is 224 Å². The Hall–Kier alpha value is -2.38. The van der Waals surface area contributed by atoms with Crippen LogP contribution in [-0.2, 0) is 32.8 Å². The van der Waals surface area contributed by atoms with Gasteiger partial charge in [0.1, 0.15) is 11.3 Å². The number of fused-ring (bicyclic) bond motifs is 1. The van der Waals surface area contributed by atoms with Crippen molar-refractivity contribution in [3.8, 4) is 0 Å². The van der Waals surface area contributed by atoms with E-state index in [4.69, 9.17) is 44.0 Å². The minimum Gasteiger partial charge on any atom is -0.440 e. The lowest BCUT2D eigenvalue weighted by molar-refractivity contribution is -0.117. The molecule has 1 fully saturated rings. The summed E-state index contributed by atoms with van der Waals surface area (Å²) in [6.45, 7) is 1.72. The van der Waals surface area contributed by atoms with E-state index >= 15 is 0 Å². The van der Waals surface area contributed by atoms with Gasteiger partial charge >= 0.3 is 0 Å². The van der Waals surface area contributed by atoms with Gasteiger partial charge in [0.05, 0.1) is 15.1 Å². The maximum absolute atomic E-state index is 12.8. The number of Topliss-reactive ketones (excluding diaryl/α,β-unsaturated/α-hetero) is 1. The zero-order chi connectivity index (χ0) is 25.7. The summed E-state index contributed by atoms with van der Waals surface area (Å²) in [7, 11) is -2.77. The number of hydrogen-bond donors (Lipinski definition) is 1. The van der Waals surface area contributed by atoms with Crippen molar-refractivity contribution in [3.05, 3.63) is 92.2 Å². The third-order valence-electron chi connectivity index (χ3n) is 6.60. The topological polar surface area (TPSA) is 84.0 Å². The highest BCUT2D eigenvalue weighted by Gasteiger charge is 2.52. The molecule has 0 aliphatic heterocycles. The average Bonchev–Trinajstić information content (AvgIpc) is 3.50. The highest BCUT2D eigenvalue weighted by atomic mass is 35.5. The van der Waals surface area contributed by atoms with Gasteiger partial charge in [0, 0.05) is 50.2 Å². The Morgan fingerprint density at radius 1 is 1.00 bits per heavy atom. The highest BCUT2D eigenvalue weighted by Crippen LogP contribution is 2.57. The average molecular weight is 562 g/mol. The van der Waals surface area contributed by atoms with E-state index in [0.29, 0.717) is 31.4 Å². The zero-order valence-electron chi connectivity index (χ0n) is 19.4. The molecule has 1 heterocycles. The minimum absolute atomic E-state index is 0.00157. The molecule has 9 heteroatoms. The van der Waals surface area contributed by atoms with E-state index in [0.717, 1.165) is 35.0 Å². The summed E-state index contributed by atoms with van der Waals surface area (Å²) in [5.74, 6) is 0.822. The van der Waals surface area contributed by atoms with Crippen LogP contribution in [0.25, 0.3) is 11.1 Å². The largest absolute Gasteiger partial charge is 0.440 e. The number of aromatic nitrogens is 1. The molecule has 0 radical (unpaired) electrons. The number of nitrogens with one attached hydrogen (secondary N) is 1. The molecule has 1 unspecified atom stereocenters. The fraction of sp³-hybridized carbons (Fsp3) is 0.259. The lowest BCUT2D eigenvalue weighted by Gasteiger charge is -2.17. The van der Waals surface area contributed by atoms with Crippen LogP contribution in [0.3, 0.4) is 0 Å². The molecule has 1 aromatic heterocycles. The van der Waals surface area contributed by atoms with Crippen molar-refractivity contribution in [1.29, 1.82) is 4.78 Å². The number of halogens is 3. The lowest BCUT2D eigenvalue weighted by atomic mass is 9.93. The van der Waals surface area contributed by atoms with Gasteiger partial charge in [-0.05, 0) is 60.4 Å². The van der Waals surface area contributed by atoms with Crippen LogP contribution in [0.5, 0.6) is 0 Å².